The van der Waals surface area contributed by atoms with Gasteiger partial charge in [-0.05, 0) is 48.5 Å². The molecule has 6 nitrogen and oxygen atoms in total. The number of hydrogen-bond acceptors (Lipinski definition) is 3. The smallest absolute Gasteiger partial charge is 0.253 e. The van der Waals surface area contributed by atoms with Crippen molar-refractivity contribution in [3.63, 3.8) is 0 Å². The summed E-state index contributed by atoms with van der Waals surface area (Å²) in [5, 5.41) is 2.66. The Morgan fingerprint density at radius 1 is 0.778 bits per heavy atom. The first-order valence-corrected chi connectivity index (χ1v) is 8.66. The van der Waals surface area contributed by atoms with Gasteiger partial charge in [-0.1, -0.05) is 0 Å². The second-order valence-electron chi connectivity index (χ2n) is 6.35. The van der Waals surface area contributed by atoms with Gasteiger partial charge in [0.25, 0.3) is 11.8 Å². The van der Waals surface area contributed by atoms with Crippen LogP contribution in [0.2, 0.25) is 0 Å². The predicted molar refractivity (Wildman–Crippen MR) is 99.0 cm³/mol. The third kappa shape index (κ3) is 4.49. The van der Waals surface area contributed by atoms with Gasteiger partial charge in [-0.3, -0.25) is 14.4 Å². The van der Waals surface area contributed by atoms with Crippen LogP contribution >= 0.6 is 0 Å². The first-order chi connectivity index (χ1) is 12.9. The molecule has 0 aromatic heterocycles. The van der Waals surface area contributed by atoms with Crippen LogP contribution in [0, 0.1) is 5.82 Å². The highest BCUT2D eigenvalue weighted by Gasteiger charge is 2.25. The fourth-order valence-corrected chi connectivity index (χ4v) is 2.97. The van der Waals surface area contributed by atoms with Crippen LogP contribution in [0.4, 0.5) is 10.1 Å². The van der Waals surface area contributed by atoms with E-state index in [1.54, 1.807) is 34.1 Å². The van der Waals surface area contributed by atoms with Crippen LogP contribution in [0.25, 0.3) is 0 Å². The van der Waals surface area contributed by atoms with Gasteiger partial charge < -0.3 is 15.1 Å². The topological polar surface area (TPSA) is 69.7 Å². The summed E-state index contributed by atoms with van der Waals surface area (Å²) in [7, 11) is 0. The van der Waals surface area contributed by atoms with Crippen LogP contribution in [0.5, 0.6) is 0 Å². The minimum Gasteiger partial charge on any atom is -0.335 e. The molecule has 3 rings (SSSR count). The van der Waals surface area contributed by atoms with E-state index in [2.05, 4.69) is 5.32 Å². The summed E-state index contributed by atoms with van der Waals surface area (Å²) in [4.78, 5) is 39.5. The zero-order valence-electron chi connectivity index (χ0n) is 14.9. The van der Waals surface area contributed by atoms with Crippen molar-refractivity contribution in [2.75, 3.05) is 31.5 Å². The maximum atomic E-state index is 13.0. The number of benzene rings is 2. The van der Waals surface area contributed by atoms with Crippen molar-refractivity contribution < 1.29 is 18.8 Å². The maximum Gasteiger partial charge on any atom is 0.253 e. The first-order valence-electron chi connectivity index (χ1n) is 8.66. The Morgan fingerprint density at radius 3 is 1.59 bits per heavy atom. The SMILES string of the molecule is CC(=O)Nc1ccc(C(=O)N2CCN(C(=O)c3ccc(F)cc3)CC2)cc1. The van der Waals surface area contributed by atoms with E-state index in [9.17, 15) is 18.8 Å². The van der Waals surface area contributed by atoms with Crippen molar-refractivity contribution in [2.24, 2.45) is 0 Å². The molecule has 7 heteroatoms. The summed E-state index contributed by atoms with van der Waals surface area (Å²) in [6.45, 7) is 3.13. The average Bonchev–Trinajstić information content (AvgIpc) is 2.68. The third-order valence-corrected chi connectivity index (χ3v) is 4.40. The quantitative estimate of drug-likeness (QED) is 0.903. The predicted octanol–water partition coefficient (Wildman–Crippen LogP) is 2.38. The van der Waals surface area contributed by atoms with E-state index >= 15 is 0 Å². The van der Waals surface area contributed by atoms with Crippen LogP contribution < -0.4 is 5.32 Å². The van der Waals surface area contributed by atoms with E-state index in [1.165, 1.54) is 31.2 Å². The second kappa shape index (κ2) is 7.99. The molecule has 27 heavy (non-hydrogen) atoms. The van der Waals surface area contributed by atoms with Gasteiger partial charge in [0.05, 0.1) is 0 Å². The van der Waals surface area contributed by atoms with Crippen molar-refractivity contribution in [3.8, 4) is 0 Å². The van der Waals surface area contributed by atoms with E-state index in [-0.39, 0.29) is 23.5 Å². The molecule has 0 aliphatic carbocycles. The van der Waals surface area contributed by atoms with E-state index in [0.717, 1.165) is 0 Å². The highest BCUT2D eigenvalue weighted by atomic mass is 19.1. The number of piperazine rings is 1. The molecule has 0 unspecified atom stereocenters. The lowest BCUT2D eigenvalue weighted by Gasteiger charge is -2.35. The van der Waals surface area contributed by atoms with Gasteiger partial charge in [-0.15, -0.1) is 0 Å². The molecule has 1 aliphatic rings. The van der Waals surface area contributed by atoms with Crippen molar-refractivity contribution >= 4 is 23.4 Å². The third-order valence-electron chi connectivity index (χ3n) is 4.40. The standard InChI is InChI=1S/C20H20FN3O3/c1-14(25)22-18-8-4-16(5-9-18)20(27)24-12-10-23(11-13-24)19(26)15-2-6-17(21)7-3-15/h2-9H,10-13H2,1H3,(H,22,25). The number of hydrogen-bond donors (Lipinski definition) is 1. The Balaban J connectivity index is 1.58. The highest BCUT2D eigenvalue weighted by Crippen LogP contribution is 2.15. The number of anilines is 1. The molecule has 1 heterocycles. The average molecular weight is 369 g/mol. The molecule has 0 spiro atoms. The monoisotopic (exact) mass is 369 g/mol. The van der Waals surface area contributed by atoms with E-state index in [1.807, 2.05) is 0 Å². The van der Waals surface area contributed by atoms with Crippen molar-refractivity contribution in [1.82, 2.24) is 9.80 Å². The number of nitrogens with zero attached hydrogens (tertiary/aromatic N) is 2. The van der Waals surface area contributed by atoms with Gasteiger partial charge in [0.15, 0.2) is 0 Å². The Labute approximate surface area is 156 Å². The number of nitrogens with one attached hydrogen (secondary N) is 1. The Kier molecular flexibility index (Phi) is 5.49. The highest BCUT2D eigenvalue weighted by molar-refractivity contribution is 5.96. The molecule has 0 atom stereocenters. The Morgan fingerprint density at radius 2 is 1.19 bits per heavy atom. The molecule has 0 saturated carbocycles. The number of halogens is 1. The van der Waals surface area contributed by atoms with E-state index < -0.39 is 0 Å². The van der Waals surface area contributed by atoms with E-state index in [0.29, 0.717) is 43.0 Å². The second-order valence-corrected chi connectivity index (χ2v) is 6.35. The Bertz CT molecular complexity index is 842. The summed E-state index contributed by atoms with van der Waals surface area (Å²) >= 11 is 0. The lowest BCUT2D eigenvalue weighted by atomic mass is 10.1. The summed E-state index contributed by atoms with van der Waals surface area (Å²) in [5.41, 5.74) is 1.60. The molecule has 1 N–H and O–H groups in total. The lowest BCUT2D eigenvalue weighted by molar-refractivity contribution is -0.114. The molecule has 0 bridgehead atoms. The van der Waals surface area contributed by atoms with Gasteiger partial charge in [0, 0.05) is 49.9 Å². The molecule has 1 aliphatic heterocycles. The number of carbonyl (C=O) groups is 3. The molecule has 2 aromatic rings. The molecular formula is C20H20FN3O3. The molecule has 0 radical (unpaired) electrons. The van der Waals surface area contributed by atoms with Gasteiger partial charge in [0.1, 0.15) is 5.82 Å². The van der Waals surface area contributed by atoms with Gasteiger partial charge in [-0.25, -0.2) is 4.39 Å². The first kappa shape index (κ1) is 18.6. The fraction of sp³-hybridized carbons (Fsp3) is 0.250. The number of amides is 3. The van der Waals surface area contributed by atoms with Crippen molar-refractivity contribution in [1.29, 1.82) is 0 Å². The zero-order valence-corrected chi connectivity index (χ0v) is 14.9. The van der Waals surface area contributed by atoms with E-state index in [4.69, 9.17) is 0 Å². The van der Waals surface area contributed by atoms with Crippen molar-refractivity contribution in [3.05, 3.63) is 65.5 Å². The summed E-state index contributed by atoms with van der Waals surface area (Å²) < 4.78 is 13.0. The Hall–Kier alpha value is -3.22. The van der Waals surface area contributed by atoms with Gasteiger partial charge in [-0.2, -0.15) is 0 Å². The minimum atomic E-state index is -0.383. The number of rotatable bonds is 3. The lowest BCUT2D eigenvalue weighted by Crippen LogP contribution is -2.50. The van der Waals surface area contributed by atoms with Crippen LogP contribution in [-0.2, 0) is 4.79 Å². The van der Waals surface area contributed by atoms with Crippen LogP contribution in [0.15, 0.2) is 48.5 Å². The summed E-state index contributed by atoms with van der Waals surface area (Å²) in [6.07, 6.45) is 0. The van der Waals surface area contributed by atoms with Gasteiger partial charge >= 0.3 is 0 Å². The summed E-state index contributed by atoms with van der Waals surface area (Å²) in [5.74, 6) is -0.831. The molecule has 1 fully saturated rings. The molecular weight excluding hydrogens is 349 g/mol. The summed E-state index contributed by atoms with van der Waals surface area (Å²) in [6, 6.07) is 12.2. The molecule has 3 amide bonds. The van der Waals surface area contributed by atoms with Crippen LogP contribution in [0.3, 0.4) is 0 Å². The zero-order chi connectivity index (χ0) is 19.4. The minimum absolute atomic E-state index is 0.113. The number of carbonyl (C=O) groups excluding carboxylic acids is 3. The normalized spacial score (nSPS) is 14.0. The fourth-order valence-electron chi connectivity index (χ4n) is 2.97. The van der Waals surface area contributed by atoms with Crippen LogP contribution in [-0.4, -0.2) is 53.7 Å². The van der Waals surface area contributed by atoms with Crippen molar-refractivity contribution in [2.45, 2.75) is 6.92 Å². The maximum absolute atomic E-state index is 13.0. The van der Waals surface area contributed by atoms with Crippen LogP contribution in [0.1, 0.15) is 27.6 Å². The van der Waals surface area contributed by atoms with Gasteiger partial charge in [0.2, 0.25) is 5.91 Å². The molecule has 2 aromatic carbocycles. The molecule has 140 valence electrons. The largest absolute Gasteiger partial charge is 0.335 e. The molecule has 1 saturated heterocycles.